The maximum atomic E-state index is 11.2. The maximum Gasteiger partial charge on any atom is 0.151 e. The highest BCUT2D eigenvalue weighted by Crippen LogP contribution is 2.33. The molecule has 0 radical (unpaired) electrons. The van der Waals surface area contributed by atoms with Crippen molar-refractivity contribution in [3.05, 3.63) is 12.2 Å². The van der Waals surface area contributed by atoms with E-state index in [0.717, 1.165) is 6.29 Å². The molecule has 13 heavy (non-hydrogen) atoms. The first-order valence-corrected chi connectivity index (χ1v) is 6.14. The fourth-order valence-electron chi connectivity index (χ4n) is 1.60. The van der Waals surface area contributed by atoms with Gasteiger partial charge in [0.15, 0.2) is 9.84 Å². The standard InChI is InChI=1S/C9H14O3S/c1-2-3-4-9(7-10)5-6-13(11,12)8-9/h2-3,7H,4-6,8H2,1H3/b3-2+. The zero-order valence-corrected chi connectivity index (χ0v) is 8.51. The van der Waals surface area contributed by atoms with Gasteiger partial charge >= 0.3 is 0 Å². The Morgan fingerprint density at radius 2 is 2.15 bits per heavy atom. The van der Waals surface area contributed by atoms with E-state index in [1.54, 1.807) is 0 Å². The van der Waals surface area contributed by atoms with Crippen LogP contribution in [0.3, 0.4) is 0 Å². The molecular weight excluding hydrogens is 188 g/mol. The third kappa shape index (κ3) is 2.40. The van der Waals surface area contributed by atoms with Gasteiger partial charge in [-0.1, -0.05) is 12.2 Å². The van der Waals surface area contributed by atoms with Crippen LogP contribution in [0.15, 0.2) is 12.2 Å². The van der Waals surface area contributed by atoms with E-state index >= 15 is 0 Å². The smallest absolute Gasteiger partial charge is 0.151 e. The minimum absolute atomic E-state index is 0.0217. The molecule has 0 saturated carbocycles. The topological polar surface area (TPSA) is 51.2 Å². The number of hydrogen-bond donors (Lipinski definition) is 0. The molecule has 3 nitrogen and oxygen atoms in total. The summed E-state index contributed by atoms with van der Waals surface area (Å²) < 4.78 is 22.4. The van der Waals surface area contributed by atoms with Gasteiger partial charge in [-0.2, -0.15) is 0 Å². The number of sulfone groups is 1. The van der Waals surface area contributed by atoms with Crippen molar-refractivity contribution in [2.75, 3.05) is 11.5 Å². The first-order chi connectivity index (χ1) is 6.04. The average Bonchev–Trinajstić information content (AvgIpc) is 2.40. The fourth-order valence-corrected chi connectivity index (χ4v) is 3.66. The Kier molecular flexibility index (Phi) is 2.91. The first kappa shape index (κ1) is 10.4. The molecule has 1 saturated heterocycles. The molecule has 1 aliphatic heterocycles. The van der Waals surface area contributed by atoms with E-state index < -0.39 is 15.3 Å². The second-order valence-electron chi connectivity index (χ2n) is 3.60. The highest BCUT2D eigenvalue weighted by molar-refractivity contribution is 7.91. The zero-order valence-electron chi connectivity index (χ0n) is 7.69. The SMILES string of the molecule is C/C=C/CC1(C=O)CCS(=O)(=O)C1. The lowest BCUT2D eigenvalue weighted by molar-refractivity contribution is -0.114. The number of carbonyl (C=O) groups excluding carboxylic acids is 1. The lowest BCUT2D eigenvalue weighted by Gasteiger charge is -2.16. The molecule has 0 aliphatic carbocycles. The molecule has 0 spiro atoms. The molecule has 4 heteroatoms. The van der Waals surface area contributed by atoms with Gasteiger partial charge in [-0.05, 0) is 19.8 Å². The molecule has 0 bridgehead atoms. The van der Waals surface area contributed by atoms with E-state index in [0.29, 0.717) is 12.8 Å². The molecule has 1 unspecified atom stereocenters. The Bertz CT molecular complexity index is 316. The van der Waals surface area contributed by atoms with Gasteiger partial charge in [-0.25, -0.2) is 8.42 Å². The second kappa shape index (κ2) is 3.62. The molecule has 74 valence electrons. The van der Waals surface area contributed by atoms with Gasteiger partial charge in [0.25, 0.3) is 0 Å². The molecule has 1 atom stereocenters. The van der Waals surface area contributed by atoms with Crippen molar-refractivity contribution in [3.63, 3.8) is 0 Å². The summed E-state index contributed by atoms with van der Waals surface area (Å²) in [4.78, 5) is 10.8. The maximum absolute atomic E-state index is 11.2. The molecule has 0 aromatic rings. The van der Waals surface area contributed by atoms with Crippen molar-refractivity contribution in [1.29, 1.82) is 0 Å². The van der Waals surface area contributed by atoms with Crippen LogP contribution < -0.4 is 0 Å². The monoisotopic (exact) mass is 202 g/mol. The van der Waals surface area contributed by atoms with Gasteiger partial charge in [0.1, 0.15) is 6.29 Å². The molecule has 1 aliphatic rings. The molecular formula is C9H14O3S. The lowest BCUT2D eigenvalue weighted by atomic mass is 9.86. The Hall–Kier alpha value is -0.640. The van der Waals surface area contributed by atoms with Crippen molar-refractivity contribution >= 4 is 16.1 Å². The summed E-state index contributed by atoms with van der Waals surface area (Å²) in [7, 11) is -2.96. The van der Waals surface area contributed by atoms with E-state index in [2.05, 4.69) is 0 Å². The summed E-state index contributed by atoms with van der Waals surface area (Å²) in [6, 6.07) is 0. The van der Waals surface area contributed by atoms with E-state index in [1.807, 2.05) is 19.1 Å². The normalized spacial score (nSPS) is 32.4. The number of carbonyl (C=O) groups is 1. The van der Waals surface area contributed by atoms with Gasteiger partial charge in [-0.3, -0.25) is 0 Å². The van der Waals surface area contributed by atoms with Gasteiger partial charge < -0.3 is 4.79 Å². The van der Waals surface area contributed by atoms with Crippen molar-refractivity contribution in [2.45, 2.75) is 19.8 Å². The van der Waals surface area contributed by atoms with Crippen molar-refractivity contribution in [2.24, 2.45) is 5.41 Å². The van der Waals surface area contributed by atoms with Crippen LogP contribution >= 0.6 is 0 Å². The van der Waals surface area contributed by atoms with Crippen molar-refractivity contribution in [3.8, 4) is 0 Å². The summed E-state index contributed by atoms with van der Waals surface area (Å²) in [6.07, 6.45) is 5.53. The number of rotatable bonds is 3. The van der Waals surface area contributed by atoms with Crippen LogP contribution in [0.5, 0.6) is 0 Å². The molecule has 1 fully saturated rings. The van der Waals surface area contributed by atoms with Crippen LogP contribution in [0.25, 0.3) is 0 Å². The van der Waals surface area contributed by atoms with Gasteiger partial charge in [0.05, 0.1) is 11.5 Å². The second-order valence-corrected chi connectivity index (χ2v) is 5.78. The summed E-state index contributed by atoms with van der Waals surface area (Å²) in [5.74, 6) is 0.178. The number of hydrogen-bond acceptors (Lipinski definition) is 3. The minimum Gasteiger partial charge on any atom is -0.303 e. The Balaban J connectivity index is 2.80. The Morgan fingerprint density at radius 1 is 1.46 bits per heavy atom. The molecule has 1 rings (SSSR count). The summed E-state index contributed by atoms with van der Waals surface area (Å²) >= 11 is 0. The van der Waals surface area contributed by atoms with E-state index in [1.165, 1.54) is 0 Å². The highest BCUT2D eigenvalue weighted by Gasteiger charge is 2.41. The minimum atomic E-state index is -2.96. The van der Waals surface area contributed by atoms with E-state index in [4.69, 9.17) is 0 Å². The fraction of sp³-hybridized carbons (Fsp3) is 0.667. The van der Waals surface area contributed by atoms with Crippen LogP contribution in [0, 0.1) is 5.41 Å². The van der Waals surface area contributed by atoms with Crippen LogP contribution in [0.4, 0.5) is 0 Å². The predicted octanol–water partition coefficient (Wildman–Crippen LogP) is 0.956. The third-order valence-corrected chi connectivity index (χ3v) is 4.27. The van der Waals surface area contributed by atoms with Crippen LogP contribution in [0.1, 0.15) is 19.8 Å². The van der Waals surface area contributed by atoms with E-state index in [-0.39, 0.29) is 11.5 Å². The predicted molar refractivity (Wildman–Crippen MR) is 51.2 cm³/mol. The molecule has 1 heterocycles. The van der Waals surface area contributed by atoms with Gasteiger partial charge in [-0.15, -0.1) is 0 Å². The lowest BCUT2D eigenvalue weighted by Crippen LogP contribution is -2.23. The molecule has 0 aromatic carbocycles. The van der Waals surface area contributed by atoms with E-state index in [9.17, 15) is 13.2 Å². The molecule has 0 N–H and O–H groups in total. The quantitative estimate of drug-likeness (QED) is 0.506. The summed E-state index contributed by atoms with van der Waals surface area (Å²) in [5.41, 5.74) is -0.634. The first-order valence-electron chi connectivity index (χ1n) is 4.31. The largest absolute Gasteiger partial charge is 0.303 e. The van der Waals surface area contributed by atoms with Gasteiger partial charge in [0, 0.05) is 5.41 Å². The molecule has 0 aromatic heterocycles. The Labute approximate surface area is 78.8 Å². The van der Waals surface area contributed by atoms with Crippen molar-refractivity contribution in [1.82, 2.24) is 0 Å². The summed E-state index contributed by atoms with van der Waals surface area (Å²) in [6.45, 7) is 1.86. The third-order valence-electron chi connectivity index (χ3n) is 2.43. The van der Waals surface area contributed by atoms with Crippen LogP contribution in [-0.4, -0.2) is 26.2 Å². The van der Waals surface area contributed by atoms with Crippen LogP contribution in [0.2, 0.25) is 0 Å². The number of aldehydes is 1. The highest BCUT2D eigenvalue weighted by atomic mass is 32.2. The summed E-state index contributed by atoms with van der Waals surface area (Å²) in [5, 5.41) is 0. The zero-order chi connectivity index (χ0) is 9.95. The van der Waals surface area contributed by atoms with Crippen LogP contribution in [-0.2, 0) is 14.6 Å². The number of allylic oxidation sites excluding steroid dienone is 2. The van der Waals surface area contributed by atoms with Crippen molar-refractivity contribution < 1.29 is 13.2 Å². The molecule has 0 amide bonds. The van der Waals surface area contributed by atoms with Gasteiger partial charge in [0.2, 0.25) is 0 Å². The average molecular weight is 202 g/mol. The Morgan fingerprint density at radius 3 is 2.54 bits per heavy atom.